The van der Waals surface area contributed by atoms with Gasteiger partial charge in [-0.3, -0.25) is 0 Å². The topological polar surface area (TPSA) is 52.0 Å². The first kappa shape index (κ1) is 8.27. The number of rotatable bonds is 0. The molecule has 1 unspecified atom stereocenters. The van der Waals surface area contributed by atoms with Crippen LogP contribution in [0.4, 0.5) is 0 Å². The van der Waals surface area contributed by atoms with E-state index in [4.69, 9.17) is 11.5 Å². The van der Waals surface area contributed by atoms with Crippen molar-refractivity contribution in [2.75, 3.05) is 0 Å². The second-order valence-corrected chi connectivity index (χ2v) is 4.97. The van der Waals surface area contributed by atoms with Gasteiger partial charge in [0, 0.05) is 0 Å². The third-order valence-corrected chi connectivity index (χ3v) is 3.98. The summed E-state index contributed by atoms with van der Waals surface area (Å²) in [6.45, 7) is 6.69. The minimum absolute atomic E-state index is 0.381. The Bertz CT molecular complexity index is 251. The van der Waals surface area contributed by atoms with Crippen LogP contribution in [0.3, 0.4) is 0 Å². The van der Waals surface area contributed by atoms with E-state index in [1.165, 1.54) is 17.6 Å². The highest BCUT2D eigenvalue weighted by molar-refractivity contribution is 5.39. The zero-order valence-electron chi connectivity index (χ0n) is 8.15. The second-order valence-electron chi connectivity index (χ2n) is 4.97. The zero-order valence-corrected chi connectivity index (χ0v) is 8.15. The molecular formula is C10H18N2. The first-order chi connectivity index (χ1) is 5.36. The van der Waals surface area contributed by atoms with Crippen molar-refractivity contribution in [3.8, 4) is 0 Å². The summed E-state index contributed by atoms with van der Waals surface area (Å²) in [7, 11) is 0. The Morgan fingerprint density at radius 2 is 1.92 bits per heavy atom. The summed E-state index contributed by atoms with van der Waals surface area (Å²) in [6.07, 6.45) is 2.18. The minimum Gasteiger partial charge on any atom is -0.310 e. The Morgan fingerprint density at radius 3 is 2.25 bits per heavy atom. The van der Waals surface area contributed by atoms with E-state index in [0.717, 1.165) is 6.42 Å². The van der Waals surface area contributed by atoms with Crippen LogP contribution in [0.5, 0.6) is 0 Å². The lowest BCUT2D eigenvalue weighted by Crippen LogP contribution is -2.61. The first-order valence-electron chi connectivity index (χ1n) is 4.64. The van der Waals surface area contributed by atoms with Crippen LogP contribution in [0.2, 0.25) is 0 Å². The summed E-state index contributed by atoms with van der Waals surface area (Å²) >= 11 is 0. The largest absolute Gasteiger partial charge is 0.310 e. The summed E-state index contributed by atoms with van der Waals surface area (Å²) in [5.74, 6) is 0.714. The molecular weight excluding hydrogens is 148 g/mol. The van der Waals surface area contributed by atoms with E-state index in [-0.39, 0.29) is 0 Å². The monoisotopic (exact) mass is 166 g/mol. The van der Waals surface area contributed by atoms with Crippen molar-refractivity contribution in [2.24, 2.45) is 22.8 Å². The fourth-order valence-corrected chi connectivity index (χ4v) is 2.69. The molecule has 0 aromatic carbocycles. The third kappa shape index (κ3) is 0.771. The van der Waals surface area contributed by atoms with Crippen LogP contribution in [0.15, 0.2) is 11.1 Å². The van der Waals surface area contributed by atoms with Crippen LogP contribution in [-0.2, 0) is 0 Å². The normalized spacial score (nSPS) is 36.2. The number of allylic oxidation sites excluding steroid dienone is 1. The van der Waals surface area contributed by atoms with Crippen molar-refractivity contribution in [3.05, 3.63) is 11.1 Å². The smallest absolute Gasteiger partial charge is 0.0861 e. The van der Waals surface area contributed by atoms with E-state index in [1.807, 2.05) is 0 Å². The molecule has 1 fully saturated rings. The summed E-state index contributed by atoms with van der Waals surface area (Å²) in [5, 5.41) is 0. The standard InChI is InChI=1S/C10H18N2/c1-6-8-4-7(9(8,2)3)5-10(6,11)12/h7H,4-5,11-12H2,1-3H3. The van der Waals surface area contributed by atoms with Crippen molar-refractivity contribution in [2.45, 2.75) is 39.3 Å². The van der Waals surface area contributed by atoms with Gasteiger partial charge < -0.3 is 11.5 Å². The maximum Gasteiger partial charge on any atom is 0.0861 e. The molecule has 0 saturated heterocycles. The molecule has 0 spiro atoms. The summed E-state index contributed by atoms with van der Waals surface area (Å²) in [4.78, 5) is 0. The van der Waals surface area contributed by atoms with Crippen LogP contribution in [0.1, 0.15) is 33.6 Å². The van der Waals surface area contributed by atoms with Gasteiger partial charge in [-0.05, 0) is 36.7 Å². The van der Waals surface area contributed by atoms with Crippen molar-refractivity contribution in [1.29, 1.82) is 0 Å². The van der Waals surface area contributed by atoms with Crippen LogP contribution in [0, 0.1) is 11.3 Å². The summed E-state index contributed by atoms with van der Waals surface area (Å²) in [5.41, 5.74) is 14.6. The molecule has 2 heteroatoms. The Hall–Kier alpha value is -0.340. The van der Waals surface area contributed by atoms with E-state index >= 15 is 0 Å². The molecule has 4 N–H and O–H groups in total. The molecule has 1 saturated carbocycles. The van der Waals surface area contributed by atoms with Crippen LogP contribution in [0.25, 0.3) is 0 Å². The molecule has 3 aliphatic rings. The van der Waals surface area contributed by atoms with Crippen molar-refractivity contribution < 1.29 is 0 Å². The lowest BCUT2D eigenvalue weighted by molar-refractivity contribution is 0.0982. The molecule has 0 radical (unpaired) electrons. The number of nitrogens with two attached hydrogens (primary N) is 2. The molecule has 12 heavy (non-hydrogen) atoms. The van der Waals surface area contributed by atoms with E-state index in [0.29, 0.717) is 11.3 Å². The van der Waals surface area contributed by atoms with Crippen LogP contribution in [-0.4, -0.2) is 5.66 Å². The van der Waals surface area contributed by atoms with Gasteiger partial charge in [0.2, 0.25) is 0 Å². The molecule has 1 atom stereocenters. The highest BCUT2D eigenvalue weighted by Crippen LogP contribution is 2.59. The SMILES string of the molecule is CC1=C2CC(CC1(N)N)C2(C)C. The summed E-state index contributed by atoms with van der Waals surface area (Å²) < 4.78 is 0. The Balaban J connectivity index is 2.46. The highest BCUT2D eigenvalue weighted by atomic mass is 15.0. The van der Waals surface area contributed by atoms with Crippen LogP contribution >= 0.6 is 0 Å². The Labute approximate surface area is 74.0 Å². The zero-order chi connectivity index (χ0) is 9.15. The van der Waals surface area contributed by atoms with Crippen molar-refractivity contribution in [3.63, 3.8) is 0 Å². The van der Waals surface area contributed by atoms with Gasteiger partial charge in [0.05, 0.1) is 5.66 Å². The van der Waals surface area contributed by atoms with E-state index in [2.05, 4.69) is 20.8 Å². The van der Waals surface area contributed by atoms with E-state index in [9.17, 15) is 0 Å². The molecule has 68 valence electrons. The maximum atomic E-state index is 5.98. The van der Waals surface area contributed by atoms with Gasteiger partial charge in [-0.2, -0.15) is 0 Å². The number of hydrogen-bond donors (Lipinski definition) is 2. The highest BCUT2D eigenvalue weighted by Gasteiger charge is 2.52. The molecule has 0 aliphatic heterocycles. The van der Waals surface area contributed by atoms with Crippen LogP contribution < -0.4 is 11.5 Å². The maximum absolute atomic E-state index is 5.98. The third-order valence-electron chi connectivity index (χ3n) is 3.98. The summed E-state index contributed by atoms with van der Waals surface area (Å²) in [6, 6.07) is 0. The molecule has 3 rings (SSSR count). The predicted molar refractivity (Wildman–Crippen MR) is 50.3 cm³/mol. The fraction of sp³-hybridized carbons (Fsp3) is 0.800. The quantitative estimate of drug-likeness (QED) is 0.422. The minimum atomic E-state index is -0.506. The van der Waals surface area contributed by atoms with Gasteiger partial charge in [-0.1, -0.05) is 19.4 Å². The van der Waals surface area contributed by atoms with Crippen molar-refractivity contribution >= 4 is 0 Å². The molecule has 0 aromatic heterocycles. The predicted octanol–water partition coefficient (Wildman–Crippen LogP) is 1.37. The second kappa shape index (κ2) is 1.94. The Morgan fingerprint density at radius 1 is 1.33 bits per heavy atom. The molecule has 2 nitrogen and oxygen atoms in total. The molecule has 0 aromatic rings. The first-order valence-corrected chi connectivity index (χ1v) is 4.64. The van der Waals surface area contributed by atoms with Gasteiger partial charge in [0.25, 0.3) is 0 Å². The van der Waals surface area contributed by atoms with Gasteiger partial charge in [0.15, 0.2) is 0 Å². The van der Waals surface area contributed by atoms with E-state index in [1.54, 1.807) is 0 Å². The molecule has 0 heterocycles. The van der Waals surface area contributed by atoms with Gasteiger partial charge >= 0.3 is 0 Å². The van der Waals surface area contributed by atoms with Gasteiger partial charge in [0.1, 0.15) is 0 Å². The average Bonchev–Trinajstić information content (AvgIpc) is 1.93. The average molecular weight is 166 g/mol. The number of hydrogen-bond acceptors (Lipinski definition) is 2. The van der Waals surface area contributed by atoms with Gasteiger partial charge in [-0.25, -0.2) is 0 Å². The lowest BCUT2D eigenvalue weighted by Gasteiger charge is -2.57. The fourth-order valence-electron chi connectivity index (χ4n) is 2.69. The Kier molecular flexibility index (Phi) is 1.33. The van der Waals surface area contributed by atoms with Gasteiger partial charge in [-0.15, -0.1) is 0 Å². The number of fused-ring (bicyclic) bond motifs is 2. The molecule has 0 amide bonds. The lowest BCUT2D eigenvalue weighted by atomic mass is 9.50. The molecule has 3 aliphatic carbocycles. The van der Waals surface area contributed by atoms with Crippen molar-refractivity contribution in [1.82, 2.24) is 0 Å². The van der Waals surface area contributed by atoms with E-state index < -0.39 is 5.66 Å². The molecule has 2 bridgehead atoms.